The zero-order chi connectivity index (χ0) is 13.3. The third kappa shape index (κ3) is 2.25. The Morgan fingerprint density at radius 3 is 2.50 bits per heavy atom. The molecule has 2 aromatic rings. The summed E-state index contributed by atoms with van der Waals surface area (Å²) in [4.78, 5) is 15.1. The van der Waals surface area contributed by atoms with E-state index >= 15 is 0 Å². The molecule has 0 atom stereocenters. The van der Waals surface area contributed by atoms with Gasteiger partial charge in [0.1, 0.15) is 11.6 Å². The standard InChI is InChI=1S/C13H13FN2O2/c1-8-12(7-13(17)18)16(9(2)15-8)11-5-3-10(14)4-6-11/h3-6H,7H2,1-2H3,(H,17,18). The SMILES string of the molecule is Cc1nc(C)n(-c2ccc(F)cc2)c1CC(=O)O. The van der Waals surface area contributed by atoms with E-state index in [-0.39, 0.29) is 12.2 Å². The van der Waals surface area contributed by atoms with E-state index in [0.717, 1.165) is 0 Å². The van der Waals surface area contributed by atoms with Crippen LogP contribution in [-0.4, -0.2) is 20.6 Å². The van der Waals surface area contributed by atoms with Gasteiger partial charge in [-0.05, 0) is 38.1 Å². The molecule has 0 aliphatic carbocycles. The molecule has 2 rings (SSSR count). The molecule has 5 heteroatoms. The quantitative estimate of drug-likeness (QED) is 0.906. The van der Waals surface area contributed by atoms with Gasteiger partial charge in [-0.3, -0.25) is 4.79 Å². The summed E-state index contributed by atoms with van der Waals surface area (Å²) in [5, 5.41) is 8.91. The molecule has 0 unspecified atom stereocenters. The van der Waals surface area contributed by atoms with Gasteiger partial charge in [0, 0.05) is 5.69 Å². The first-order valence-electron chi connectivity index (χ1n) is 5.51. The van der Waals surface area contributed by atoms with Crippen molar-refractivity contribution in [1.82, 2.24) is 9.55 Å². The van der Waals surface area contributed by atoms with Crippen molar-refractivity contribution < 1.29 is 14.3 Å². The maximum absolute atomic E-state index is 12.9. The first-order valence-corrected chi connectivity index (χ1v) is 5.51. The fraction of sp³-hybridized carbons (Fsp3) is 0.231. The Morgan fingerprint density at radius 1 is 1.33 bits per heavy atom. The summed E-state index contributed by atoms with van der Waals surface area (Å²) >= 11 is 0. The maximum Gasteiger partial charge on any atom is 0.309 e. The Balaban J connectivity index is 2.55. The Hall–Kier alpha value is -2.17. The summed E-state index contributed by atoms with van der Waals surface area (Å²) in [6.45, 7) is 3.56. The van der Waals surface area contributed by atoms with Crippen LogP contribution in [0.15, 0.2) is 24.3 Å². The average molecular weight is 248 g/mol. The van der Waals surface area contributed by atoms with Crippen molar-refractivity contribution >= 4 is 5.97 Å². The van der Waals surface area contributed by atoms with Gasteiger partial charge in [0.25, 0.3) is 0 Å². The van der Waals surface area contributed by atoms with Crippen LogP contribution in [0, 0.1) is 19.7 Å². The molecule has 0 radical (unpaired) electrons. The van der Waals surface area contributed by atoms with Crippen LogP contribution in [0.2, 0.25) is 0 Å². The summed E-state index contributed by atoms with van der Waals surface area (Å²) in [7, 11) is 0. The first kappa shape index (κ1) is 12.3. The smallest absolute Gasteiger partial charge is 0.309 e. The highest BCUT2D eigenvalue weighted by Gasteiger charge is 2.15. The molecule has 94 valence electrons. The lowest BCUT2D eigenvalue weighted by atomic mass is 10.2. The molecule has 0 spiro atoms. The van der Waals surface area contributed by atoms with Crippen LogP contribution in [0.5, 0.6) is 0 Å². The Morgan fingerprint density at radius 2 is 1.94 bits per heavy atom. The number of rotatable bonds is 3. The fourth-order valence-electron chi connectivity index (χ4n) is 2.00. The molecule has 0 bridgehead atoms. The number of halogens is 1. The Labute approximate surface area is 104 Å². The van der Waals surface area contributed by atoms with E-state index in [1.807, 2.05) is 0 Å². The number of aliphatic carboxylic acids is 1. The molecule has 0 saturated carbocycles. The summed E-state index contributed by atoms with van der Waals surface area (Å²) in [5.74, 6) is -0.551. The van der Waals surface area contributed by atoms with Crippen molar-refractivity contribution in [2.45, 2.75) is 20.3 Å². The molecule has 4 nitrogen and oxygen atoms in total. The zero-order valence-electron chi connectivity index (χ0n) is 10.1. The summed E-state index contributed by atoms with van der Waals surface area (Å²) in [6, 6.07) is 5.90. The van der Waals surface area contributed by atoms with Crippen molar-refractivity contribution in [3.8, 4) is 5.69 Å². The summed E-state index contributed by atoms with van der Waals surface area (Å²) < 4.78 is 14.6. The van der Waals surface area contributed by atoms with Gasteiger partial charge in [-0.15, -0.1) is 0 Å². The van der Waals surface area contributed by atoms with Gasteiger partial charge >= 0.3 is 5.97 Å². The molecular formula is C13H13FN2O2. The van der Waals surface area contributed by atoms with Crippen molar-refractivity contribution in [1.29, 1.82) is 0 Å². The molecule has 18 heavy (non-hydrogen) atoms. The van der Waals surface area contributed by atoms with Crippen LogP contribution >= 0.6 is 0 Å². The lowest BCUT2D eigenvalue weighted by Gasteiger charge is -2.09. The average Bonchev–Trinajstić information content (AvgIpc) is 2.55. The molecule has 0 saturated heterocycles. The van der Waals surface area contributed by atoms with Gasteiger partial charge in [-0.25, -0.2) is 9.37 Å². The lowest BCUT2D eigenvalue weighted by Crippen LogP contribution is -2.09. The number of hydrogen-bond acceptors (Lipinski definition) is 2. The number of carboxylic acids is 1. The van der Waals surface area contributed by atoms with E-state index in [4.69, 9.17) is 5.11 Å². The van der Waals surface area contributed by atoms with Crippen LogP contribution in [0.3, 0.4) is 0 Å². The van der Waals surface area contributed by atoms with E-state index in [1.54, 1.807) is 30.5 Å². The molecular weight excluding hydrogens is 235 g/mol. The highest BCUT2D eigenvalue weighted by atomic mass is 19.1. The second-order valence-corrected chi connectivity index (χ2v) is 4.07. The van der Waals surface area contributed by atoms with Crippen LogP contribution < -0.4 is 0 Å². The van der Waals surface area contributed by atoms with E-state index in [0.29, 0.717) is 22.9 Å². The van der Waals surface area contributed by atoms with Gasteiger partial charge in [0.05, 0.1) is 17.8 Å². The number of benzene rings is 1. The van der Waals surface area contributed by atoms with Gasteiger partial charge in [-0.2, -0.15) is 0 Å². The summed E-state index contributed by atoms with van der Waals surface area (Å²) in [5.41, 5.74) is 2.01. The van der Waals surface area contributed by atoms with Crippen LogP contribution in [0.1, 0.15) is 17.2 Å². The monoisotopic (exact) mass is 248 g/mol. The Bertz CT molecular complexity index is 588. The number of aryl methyl sites for hydroxylation is 2. The predicted octanol–water partition coefficient (Wildman–Crippen LogP) is 2.26. The number of carboxylic acid groups (broad SMARTS) is 1. The van der Waals surface area contributed by atoms with Crippen molar-refractivity contribution in [3.05, 3.63) is 47.3 Å². The third-order valence-corrected chi connectivity index (χ3v) is 2.74. The van der Waals surface area contributed by atoms with Gasteiger partial charge < -0.3 is 9.67 Å². The zero-order valence-corrected chi connectivity index (χ0v) is 10.1. The highest BCUT2D eigenvalue weighted by Crippen LogP contribution is 2.19. The first-order chi connectivity index (χ1) is 8.49. The largest absolute Gasteiger partial charge is 0.481 e. The normalized spacial score (nSPS) is 10.6. The van der Waals surface area contributed by atoms with Crippen molar-refractivity contribution in [3.63, 3.8) is 0 Å². The number of nitrogens with zero attached hydrogens (tertiary/aromatic N) is 2. The van der Waals surface area contributed by atoms with E-state index < -0.39 is 5.97 Å². The van der Waals surface area contributed by atoms with Crippen LogP contribution in [0.25, 0.3) is 5.69 Å². The molecule has 1 aromatic carbocycles. The predicted molar refractivity (Wildman–Crippen MR) is 64.3 cm³/mol. The topological polar surface area (TPSA) is 55.1 Å². The minimum Gasteiger partial charge on any atom is -0.481 e. The lowest BCUT2D eigenvalue weighted by molar-refractivity contribution is -0.136. The number of aromatic nitrogens is 2. The molecule has 0 amide bonds. The van der Waals surface area contributed by atoms with E-state index in [2.05, 4.69) is 4.98 Å². The highest BCUT2D eigenvalue weighted by molar-refractivity contribution is 5.70. The van der Waals surface area contributed by atoms with E-state index in [1.165, 1.54) is 12.1 Å². The second kappa shape index (κ2) is 4.60. The molecule has 0 aliphatic heterocycles. The molecule has 1 heterocycles. The van der Waals surface area contributed by atoms with E-state index in [9.17, 15) is 9.18 Å². The minimum atomic E-state index is -0.915. The Kier molecular flexibility index (Phi) is 3.14. The third-order valence-electron chi connectivity index (χ3n) is 2.74. The molecule has 1 N–H and O–H groups in total. The maximum atomic E-state index is 12.9. The van der Waals surface area contributed by atoms with Gasteiger partial charge in [0.2, 0.25) is 0 Å². The van der Waals surface area contributed by atoms with Crippen molar-refractivity contribution in [2.24, 2.45) is 0 Å². The van der Waals surface area contributed by atoms with Crippen LogP contribution in [-0.2, 0) is 11.2 Å². The summed E-state index contributed by atoms with van der Waals surface area (Å²) in [6.07, 6.45) is -0.107. The van der Waals surface area contributed by atoms with Gasteiger partial charge in [0.15, 0.2) is 0 Å². The minimum absolute atomic E-state index is 0.107. The second-order valence-electron chi connectivity index (χ2n) is 4.07. The number of imidazole rings is 1. The van der Waals surface area contributed by atoms with Gasteiger partial charge in [-0.1, -0.05) is 0 Å². The van der Waals surface area contributed by atoms with Crippen LogP contribution in [0.4, 0.5) is 4.39 Å². The molecule has 0 aliphatic rings. The molecule has 1 aromatic heterocycles. The number of carbonyl (C=O) groups is 1. The molecule has 0 fully saturated rings. The number of hydrogen-bond donors (Lipinski definition) is 1. The fourth-order valence-corrected chi connectivity index (χ4v) is 2.00. The van der Waals surface area contributed by atoms with Crippen molar-refractivity contribution in [2.75, 3.05) is 0 Å².